The minimum absolute atomic E-state index is 0.0985. The summed E-state index contributed by atoms with van der Waals surface area (Å²) in [4.78, 5) is 16.7. The van der Waals surface area contributed by atoms with Crippen molar-refractivity contribution in [3.63, 3.8) is 0 Å². The maximum atomic E-state index is 11.2. The molecule has 6 heteroatoms. The Labute approximate surface area is 120 Å². The first-order chi connectivity index (χ1) is 9.20. The highest BCUT2D eigenvalue weighted by molar-refractivity contribution is 7.98. The van der Waals surface area contributed by atoms with Gasteiger partial charge < -0.3 is 9.15 Å². The van der Waals surface area contributed by atoms with Crippen LogP contribution in [0.15, 0.2) is 28.2 Å². The van der Waals surface area contributed by atoms with Gasteiger partial charge in [-0.2, -0.15) is 11.8 Å². The molecule has 0 amide bonds. The smallest absolute Gasteiger partial charge is 0.309 e. The summed E-state index contributed by atoms with van der Waals surface area (Å²) >= 11 is 3.25. The monoisotopic (exact) mass is 297 g/mol. The molecular weight excluding hydrogens is 282 g/mol. The quantitative estimate of drug-likeness (QED) is 0.764. The first kappa shape index (κ1) is 14.1. The fraction of sp³-hybridized carbons (Fsp3) is 0.385. The number of methoxy groups -OCH3 is 1. The van der Waals surface area contributed by atoms with Gasteiger partial charge in [-0.3, -0.25) is 4.79 Å². The molecule has 0 spiro atoms. The Hall–Kier alpha value is -1.27. The van der Waals surface area contributed by atoms with Crippen LogP contribution in [0.5, 0.6) is 0 Å². The number of nitrogens with zero attached hydrogens (tertiary/aromatic N) is 1. The third-order valence-corrected chi connectivity index (χ3v) is 4.60. The number of esters is 1. The first-order valence-corrected chi connectivity index (χ1v) is 7.88. The lowest BCUT2D eigenvalue weighted by Crippen LogP contribution is -2.14. The predicted octanol–water partition coefficient (Wildman–Crippen LogP) is 3.45. The van der Waals surface area contributed by atoms with Gasteiger partial charge in [0.2, 0.25) is 5.89 Å². The molecule has 0 saturated carbocycles. The average molecular weight is 297 g/mol. The van der Waals surface area contributed by atoms with Gasteiger partial charge in [-0.05, 0) is 11.4 Å². The fourth-order valence-electron chi connectivity index (χ4n) is 1.50. The van der Waals surface area contributed by atoms with Crippen LogP contribution in [0, 0.1) is 5.92 Å². The largest absolute Gasteiger partial charge is 0.469 e. The molecule has 0 aromatic carbocycles. The lowest BCUT2D eigenvalue weighted by atomic mass is 10.2. The van der Waals surface area contributed by atoms with Crippen LogP contribution in [0.1, 0.15) is 12.6 Å². The van der Waals surface area contributed by atoms with Gasteiger partial charge in [-0.15, -0.1) is 11.3 Å². The SMILES string of the molecule is COC(=O)[C@@H](C)CSCc1coc(-c2cccs2)n1. The molecule has 0 fully saturated rings. The van der Waals surface area contributed by atoms with E-state index in [2.05, 4.69) is 9.72 Å². The van der Waals surface area contributed by atoms with E-state index in [9.17, 15) is 4.79 Å². The molecule has 0 radical (unpaired) electrons. The van der Waals surface area contributed by atoms with Gasteiger partial charge in [0.1, 0.15) is 6.26 Å². The van der Waals surface area contributed by atoms with Crippen LogP contribution in [-0.4, -0.2) is 23.8 Å². The van der Waals surface area contributed by atoms with Crippen LogP contribution < -0.4 is 0 Å². The number of thiophene rings is 1. The van der Waals surface area contributed by atoms with Crippen LogP contribution in [0.2, 0.25) is 0 Å². The second kappa shape index (κ2) is 6.77. The molecule has 0 N–H and O–H groups in total. The van der Waals surface area contributed by atoms with E-state index in [4.69, 9.17) is 4.42 Å². The summed E-state index contributed by atoms with van der Waals surface area (Å²) in [5.41, 5.74) is 0.894. The van der Waals surface area contributed by atoms with Crippen molar-refractivity contribution in [2.75, 3.05) is 12.9 Å². The highest BCUT2D eigenvalue weighted by Crippen LogP contribution is 2.25. The third kappa shape index (κ3) is 3.84. The van der Waals surface area contributed by atoms with Crippen molar-refractivity contribution in [2.24, 2.45) is 5.92 Å². The number of thioether (sulfide) groups is 1. The minimum atomic E-state index is -0.174. The zero-order valence-electron chi connectivity index (χ0n) is 10.8. The normalized spacial score (nSPS) is 12.3. The Morgan fingerprint density at radius 2 is 2.47 bits per heavy atom. The third-order valence-electron chi connectivity index (χ3n) is 2.51. The summed E-state index contributed by atoms with van der Waals surface area (Å²) in [7, 11) is 1.41. The lowest BCUT2D eigenvalue weighted by molar-refractivity contribution is -0.143. The molecule has 2 rings (SSSR count). The Kier molecular flexibility index (Phi) is 5.04. The molecule has 2 aromatic rings. The van der Waals surface area contributed by atoms with Crippen LogP contribution in [0.3, 0.4) is 0 Å². The molecule has 0 unspecified atom stereocenters. The van der Waals surface area contributed by atoms with Crippen LogP contribution >= 0.6 is 23.1 Å². The van der Waals surface area contributed by atoms with Crippen molar-refractivity contribution in [3.05, 3.63) is 29.5 Å². The van der Waals surface area contributed by atoms with Gasteiger partial charge >= 0.3 is 5.97 Å². The summed E-state index contributed by atoms with van der Waals surface area (Å²) in [5.74, 6) is 1.83. The molecule has 4 nitrogen and oxygen atoms in total. The van der Waals surface area contributed by atoms with Gasteiger partial charge in [-0.1, -0.05) is 13.0 Å². The van der Waals surface area contributed by atoms with E-state index in [1.165, 1.54) is 7.11 Å². The summed E-state index contributed by atoms with van der Waals surface area (Å²) < 4.78 is 10.1. The molecule has 0 saturated heterocycles. The maximum Gasteiger partial charge on any atom is 0.309 e. The van der Waals surface area contributed by atoms with E-state index < -0.39 is 0 Å². The number of aromatic nitrogens is 1. The molecule has 1 atom stereocenters. The van der Waals surface area contributed by atoms with E-state index in [0.29, 0.717) is 11.6 Å². The first-order valence-electron chi connectivity index (χ1n) is 5.84. The zero-order valence-corrected chi connectivity index (χ0v) is 12.4. The Morgan fingerprint density at radius 3 is 3.16 bits per heavy atom. The van der Waals surface area contributed by atoms with Crippen LogP contribution in [0.4, 0.5) is 0 Å². The molecule has 0 aliphatic rings. The summed E-state index contributed by atoms with van der Waals surface area (Å²) in [5, 5.41) is 1.99. The van der Waals surface area contributed by atoms with Crippen molar-refractivity contribution in [1.29, 1.82) is 0 Å². The molecule has 102 valence electrons. The molecule has 2 heterocycles. The van der Waals surface area contributed by atoms with Crippen molar-refractivity contribution < 1.29 is 13.9 Å². The summed E-state index contributed by atoms with van der Waals surface area (Å²) in [6.45, 7) is 1.86. The van der Waals surface area contributed by atoms with Crippen molar-refractivity contribution in [2.45, 2.75) is 12.7 Å². The Bertz CT molecular complexity index is 522. The Morgan fingerprint density at radius 1 is 1.63 bits per heavy atom. The summed E-state index contributed by atoms with van der Waals surface area (Å²) in [6.07, 6.45) is 1.67. The van der Waals surface area contributed by atoms with E-state index in [1.807, 2.05) is 24.4 Å². The van der Waals surface area contributed by atoms with Crippen molar-refractivity contribution >= 4 is 29.1 Å². The maximum absolute atomic E-state index is 11.2. The number of rotatable bonds is 6. The van der Waals surface area contributed by atoms with Crippen molar-refractivity contribution in [3.8, 4) is 10.8 Å². The molecule has 0 aliphatic heterocycles. The van der Waals surface area contributed by atoms with E-state index >= 15 is 0 Å². The number of oxazole rings is 1. The topological polar surface area (TPSA) is 52.3 Å². The minimum Gasteiger partial charge on any atom is -0.469 e. The zero-order chi connectivity index (χ0) is 13.7. The van der Waals surface area contributed by atoms with Gasteiger partial charge in [0.05, 0.1) is 23.6 Å². The predicted molar refractivity (Wildman–Crippen MR) is 77.2 cm³/mol. The van der Waals surface area contributed by atoms with E-state index in [-0.39, 0.29) is 11.9 Å². The van der Waals surface area contributed by atoms with Gasteiger partial charge in [0, 0.05) is 11.5 Å². The van der Waals surface area contributed by atoms with Gasteiger partial charge in [0.25, 0.3) is 0 Å². The van der Waals surface area contributed by atoms with Gasteiger partial charge in [-0.25, -0.2) is 4.98 Å². The number of hydrogen-bond acceptors (Lipinski definition) is 6. The van der Waals surface area contributed by atoms with Crippen LogP contribution in [0.25, 0.3) is 10.8 Å². The van der Waals surface area contributed by atoms with Crippen molar-refractivity contribution in [1.82, 2.24) is 4.98 Å². The molecule has 0 bridgehead atoms. The number of carbonyl (C=O) groups excluding carboxylic acids is 1. The Balaban J connectivity index is 1.83. The number of ether oxygens (including phenoxy) is 1. The number of carbonyl (C=O) groups is 1. The molecule has 2 aromatic heterocycles. The molecule has 0 aliphatic carbocycles. The second-order valence-electron chi connectivity index (χ2n) is 4.06. The molecule has 19 heavy (non-hydrogen) atoms. The fourth-order valence-corrected chi connectivity index (χ4v) is 3.10. The second-order valence-corrected chi connectivity index (χ2v) is 6.04. The van der Waals surface area contributed by atoms with E-state index in [0.717, 1.165) is 16.3 Å². The highest BCUT2D eigenvalue weighted by atomic mass is 32.2. The standard InChI is InChI=1S/C13H15NO3S2/c1-9(13(15)16-2)7-18-8-10-6-17-12(14-10)11-4-3-5-19-11/h3-6,9H,7-8H2,1-2H3/t9-/m0/s1. The summed E-state index contributed by atoms with van der Waals surface area (Å²) in [6, 6.07) is 3.95. The average Bonchev–Trinajstić information content (AvgIpc) is 3.07. The molecular formula is C13H15NO3S2. The van der Waals surface area contributed by atoms with Gasteiger partial charge in [0.15, 0.2) is 0 Å². The van der Waals surface area contributed by atoms with Crippen LogP contribution in [-0.2, 0) is 15.3 Å². The lowest BCUT2D eigenvalue weighted by Gasteiger charge is -2.07. The van der Waals surface area contributed by atoms with E-state index in [1.54, 1.807) is 29.4 Å². The number of hydrogen-bond donors (Lipinski definition) is 0. The highest BCUT2D eigenvalue weighted by Gasteiger charge is 2.13.